The van der Waals surface area contributed by atoms with Crippen LogP contribution in [0.4, 0.5) is 0 Å². The van der Waals surface area contributed by atoms with E-state index < -0.39 is 0 Å². The minimum atomic E-state index is 0.0664. The van der Waals surface area contributed by atoms with Crippen LogP contribution < -0.4 is 0 Å². The van der Waals surface area contributed by atoms with Crippen LogP contribution in [0.1, 0.15) is 81.5 Å². The molecule has 1 saturated carbocycles. The highest BCUT2D eigenvalue weighted by Crippen LogP contribution is 2.34. The molecule has 0 aliphatic heterocycles. The van der Waals surface area contributed by atoms with Crippen LogP contribution in [0.25, 0.3) is 0 Å². The third-order valence-corrected chi connectivity index (χ3v) is 5.96. The molecule has 0 N–H and O–H groups in total. The maximum absolute atomic E-state index is 2.35. The Morgan fingerprint density at radius 1 is 0.760 bits per heavy atom. The van der Waals surface area contributed by atoms with Crippen LogP contribution >= 0.6 is 0 Å². The highest BCUT2D eigenvalue weighted by atomic mass is 14.3. The lowest BCUT2D eigenvalue weighted by molar-refractivity contribution is 0.639. The smallest absolute Gasteiger partial charge is 0.0146 e. The molecule has 2 aromatic rings. The standard InChI is InChI=1S/C25H34/c1-4-5-6-7-20-12-16-23(17-13-20)25(2,3)24-18-14-22(15-19-24)11-10-21-8-9-21/h12-19,21H,4-11H2,1-3H3. The zero-order chi connectivity index (χ0) is 17.7. The van der Waals surface area contributed by atoms with Gasteiger partial charge in [-0.15, -0.1) is 0 Å². The van der Waals surface area contributed by atoms with Gasteiger partial charge in [-0.25, -0.2) is 0 Å². The number of unbranched alkanes of at least 4 members (excludes halogenated alkanes) is 2. The normalized spacial score (nSPS) is 14.7. The van der Waals surface area contributed by atoms with E-state index in [-0.39, 0.29) is 5.41 Å². The van der Waals surface area contributed by atoms with Crippen molar-refractivity contribution in [1.29, 1.82) is 0 Å². The molecular weight excluding hydrogens is 300 g/mol. The maximum atomic E-state index is 2.35. The molecule has 0 radical (unpaired) electrons. The molecule has 25 heavy (non-hydrogen) atoms. The highest BCUT2D eigenvalue weighted by molar-refractivity contribution is 5.39. The number of hydrogen-bond acceptors (Lipinski definition) is 0. The monoisotopic (exact) mass is 334 g/mol. The summed E-state index contributed by atoms with van der Waals surface area (Å²) in [7, 11) is 0. The quantitative estimate of drug-likeness (QED) is 0.429. The molecule has 0 heteroatoms. The van der Waals surface area contributed by atoms with Crippen LogP contribution in [0.15, 0.2) is 48.5 Å². The lowest BCUT2D eigenvalue weighted by Crippen LogP contribution is -2.18. The van der Waals surface area contributed by atoms with Gasteiger partial charge in [-0.05, 0) is 53.9 Å². The van der Waals surface area contributed by atoms with Crippen molar-refractivity contribution in [3.05, 3.63) is 70.8 Å². The molecule has 0 bridgehead atoms. The first-order valence-corrected chi connectivity index (χ1v) is 10.3. The van der Waals surface area contributed by atoms with Gasteiger partial charge in [0.15, 0.2) is 0 Å². The van der Waals surface area contributed by atoms with Gasteiger partial charge >= 0.3 is 0 Å². The van der Waals surface area contributed by atoms with Gasteiger partial charge in [-0.2, -0.15) is 0 Å². The summed E-state index contributed by atoms with van der Waals surface area (Å²) >= 11 is 0. The summed E-state index contributed by atoms with van der Waals surface area (Å²) < 4.78 is 0. The van der Waals surface area contributed by atoms with E-state index in [2.05, 4.69) is 69.3 Å². The zero-order valence-electron chi connectivity index (χ0n) is 16.4. The summed E-state index contributed by atoms with van der Waals surface area (Å²) in [5.74, 6) is 1.02. The van der Waals surface area contributed by atoms with Crippen molar-refractivity contribution in [1.82, 2.24) is 0 Å². The molecular formula is C25H34. The molecule has 1 aliphatic carbocycles. The lowest BCUT2D eigenvalue weighted by atomic mass is 9.77. The van der Waals surface area contributed by atoms with Crippen LogP contribution in [0, 0.1) is 5.92 Å². The molecule has 0 heterocycles. The maximum Gasteiger partial charge on any atom is 0.0146 e. The summed E-state index contributed by atoms with van der Waals surface area (Å²) in [6.07, 6.45) is 10.7. The Kier molecular flexibility index (Phi) is 5.99. The molecule has 0 amide bonds. The van der Waals surface area contributed by atoms with Gasteiger partial charge in [0.2, 0.25) is 0 Å². The second-order valence-electron chi connectivity index (χ2n) is 8.46. The van der Waals surface area contributed by atoms with E-state index in [0.717, 1.165) is 5.92 Å². The SMILES string of the molecule is CCCCCc1ccc(C(C)(C)c2ccc(CCC3CC3)cc2)cc1. The molecule has 1 fully saturated rings. The summed E-state index contributed by atoms with van der Waals surface area (Å²) in [6.45, 7) is 6.96. The third kappa shape index (κ3) is 4.97. The van der Waals surface area contributed by atoms with Crippen LogP contribution in [0.3, 0.4) is 0 Å². The predicted octanol–water partition coefficient (Wildman–Crippen LogP) is 7.09. The van der Waals surface area contributed by atoms with Gasteiger partial charge in [0.1, 0.15) is 0 Å². The Morgan fingerprint density at radius 3 is 1.76 bits per heavy atom. The zero-order valence-corrected chi connectivity index (χ0v) is 16.4. The molecule has 134 valence electrons. The molecule has 0 nitrogen and oxygen atoms in total. The second-order valence-corrected chi connectivity index (χ2v) is 8.46. The second kappa shape index (κ2) is 8.21. The van der Waals surface area contributed by atoms with Gasteiger partial charge in [0.05, 0.1) is 0 Å². The van der Waals surface area contributed by atoms with E-state index in [1.807, 2.05) is 0 Å². The van der Waals surface area contributed by atoms with Crippen molar-refractivity contribution < 1.29 is 0 Å². The molecule has 0 atom stereocenters. The Hall–Kier alpha value is -1.56. The van der Waals surface area contributed by atoms with Crippen LogP contribution in [0.5, 0.6) is 0 Å². The fourth-order valence-corrected chi connectivity index (χ4v) is 3.70. The number of aryl methyl sites for hydroxylation is 2. The van der Waals surface area contributed by atoms with Crippen LogP contribution in [-0.2, 0) is 18.3 Å². The van der Waals surface area contributed by atoms with Crippen LogP contribution in [-0.4, -0.2) is 0 Å². The Labute approximate surface area is 154 Å². The van der Waals surface area contributed by atoms with Crippen molar-refractivity contribution >= 4 is 0 Å². The van der Waals surface area contributed by atoms with Crippen LogP contribution in [0.2, 0.25) is 0 Å². The summed E-state index contributed by atoms with van der Waals surface area (Å²) in [4.78, 5) is 0. The number of benzene rings is 2. The predicted molar refractivity (Wildman–Crippen MR) is 109 cm³/mol. The van der Waals surface area contributed by atoms with Crippen molar-refractivity contribution in [2.45, 2.75) is 77.6 Å². The van der Waals surface area contributed by atoms with E-state index in [1.165, 1.54) is 73.6 Å². The van der Waals surface area contributed by atoms with Crippen molar-refractivity contribution in [2.24, 2.45) is 5.92 Å². The number of rotatable bonds is 9. The first-order valence-electron chi connectivity index (χ1n) is 10.3. The van der Waals surface area contributed by atoms with Gasteiger partial charge < -0.3 is 0 Å². The van der Waals surface area contributed by atoms with E-state index in [0.29, 0.717) is 0 Å². The minimum Gasteiger partial charge on any atom is -0.0654 e. The van der Waals surface area contributed by atoms with Crippen molar-refractivity contribution in [3.8, 4) is 0 Å². The van der Waals surface area contributed by atoms with Gasteiger partial charge in [0, 0.05) is 5.41 Å². The molecule has 0 saturated heterocycles. The fraction of sp³-hybridized carbons (Fsp3) is 0.520. The molecule has 3 rings (SSSR count). The lowest BCUT2D eigenvalue weighted by Gasteiger charge is -2.26. The molecule has 0 spiro atoms. The van der Waals surface area contributed by atoms with E-state index in [1.54, 1.807) is 0 Å². The first kappa shape index (κ1) is 18.2. The molecule has 1 aliphatic rings. The van der Waals surface area contributed by atoms with Crippen molar-refractivity contribution in [2.75, 3.05) is 0 Å². The summed E-state index contributed by atoms with van der Waals surface area (Å²) in [5, 5.41) is 0. The Balaban J connectivity index is 1.64. The minimum absolute atomic E-state index is 0.0664. The Morgan fingerprint density at radius 2 is 1.28 bits per heavy atom. The van der Waals surface area contributed by atoms with Gasteiger partial charge in [-0.3, -0.25) is 0 Å². The summed E-state index contributed by atoms with van der Waals surface area (Å²) in [5.41, 5.74) is 5.87. The fourth-order valence-electron chi connectivity index (χ4n) is 3.70. The van der Waals surface area contributed by atoms with Gasteiger partial charge in [0.25, 0.3) is 0 Å². The van der Waals surface area contributed by atoms with Crippen molar-refractivity contribution in [3.63, 3.8) is 0 Å². The molecule has 0 unspecified atom stereocenters. The third-order valence-electron chi connectivity index (χ3n) is 5.96. The first-order chi connectivity index (χ1) is 12.1. The largest absolute Gasteiger partial charge is 0.0654 e. The van der Waals surface area contributed by atoms with E-state index in [9.17, 15) is 0 Å². The van der Waals surface area contributed by atoms with E-state index in [4.69, 9.17) is 0 Å². The van der Waals surface area contributed by atoms with Gasteiger partial charge in [-0.1, -0.05) is 95.0 Å². The Bertz CT molecular complexity index is 641. The topological polar surface area (TPSA) is 0 Å². The van der Waals surface area contributed by atoms with E-state index >= 15 is 0 Å². The highest BCUT2D eigenvalue weighted by Gasteiger charge is 2.23. The summed E-state index contributed by atoms with van der Waals surface area (Å²) in [6, 6.07) is 18.7. The number of hydrogen-bond donors (Lipinski definition) is 0. The average molecular weight is 335 g/mol. The average Bonchev–Trinajstić information content (AvgIpc) is 3.45. The molecule has 0 aromatic heterocycles. The molecule has 2 aromatic carbocycles.